The molecule has 1 aromatic heterocycles. The quantitative estimate of drug-likeness (QED) is 0.713. The van der Waals surface area contributed by atoms with E-state index in [1.165, 1.54) is 0 Å². The summed E-state index contributed by atoms with van der Waals surface area (Å²) in [5.41, 5.74) is 1.88. The number of aromatic nitrogens is 1. The number of carbonyl (C=O) groups excluding carboxylic acids is 2. The molecule has 27 heavy (non-hydrogen) atoms. The third-order valence-corrected chi connectivity index (χ3v) is 4.29. The van der Waals surface area contributed by atoms with Gasteiger partial charge in [0.15, 0.2) is 17.6 Å². The topological polar surface area (TPSA) is 93.5 Å². The molecule has 0 bridgehead atoms. The van der Waals surface area contributed by atoms with Crippen LogP contribution in [0.25, 0.3) is 11.3 Å². The van der Waals surface area contributed by atoms with Gasteiger partial charge in [-0.2, -0.15) is 0 Å². The molecule has 0 saturated carbocycles. The number of anilines is 2. The number of hydrogen-bond donors (Lipinski definition) is 2. The van der Waals surface area contributed by atoms with Crippen molar-refractivity contribution in [3.63, 3.8) is 0 Å². The van der Waals surface area contributed by atoms with Gasteiger partial charge >= 0.3 is 0 Å². The molecular weight excluding hydrogens is 370 g/mol. The summed E-state index contributed by atoms with van der Waals surface area (Å²) in [7, 11) is 0. The van der Waals surface area contributed by atoms with Crippen LogP contribution in [-0.2, 0) is 4.79 Å². The molecule has 0 unspecified atom stereocenters. The second kappa shape index (κ2) is 6.77. The fourth-order valence-corrected chi connectivity index (χ4v) is 2.74. The standard InChI is InChI=1S/C19H14ClN3O4/c1-10-18(24)22-14-8-13(6-7-16(14)26-10)21-19(25)15-9-17(27-23-15)11-2-4-12(20)5-3-11/h2-10H,1H3,(H,21,25)(H,22,24)/t10-/m0/s1. The number of nitrogens with one attached hydrogen (secondary N) is 2. The summed E-state index contributed by atoms with van der Waals surface area (Å²) >= 11 is 5.87. The van der Waals surface area contributed by atoms with Gasteiger partial charge in [0.1, 0.15) is 5.75 Å². The van der Waals surface area contributed by atoms with Crippen molar-refractivity contribution >= 4 is 34.8 Å². The smallest absolute Gasteiger partial charge is 0.277 e. The number of rotatable bonds is 3. The van der Waals surface area contributed by atoms with Crippen LogP contribution in [0.3, 0.4) is 0 Å². The Kier molecular flexibility index (Phi) is 4.29. The highest BCUT2D eigenvalue weighted by molar-refractivity contribution is 6.30. The molecule has 0 spiro atoms. The lowest BCUT2D eigenvalue weighted by Crippen LogP contribution is -2.34. The highest BCUT2D eigenvalue weighted by atomic mass is 35.5. The van der Waals surface area contributed by atoms with Crippen molar-refractivity contribution < 1.29 is 18.8 Å². The van der Waals surface area contributed by atoms with Gasteiger partial charge in [0, 0.05) is 22.3 Å². The first kappa shape index (κ1) is 17.1. The van der Waals surface area contributed by atoms with Crippen molar-refractivity contribution in [1.29, 1.82) is 0 Å². The molecule has 2 N–H and O–H groups in total. The average molecular weight is 384 g/mol. The van der Waals surface area contributed by atoms with Crippen molar-refractivity contribution in [3.8, 4) is 17.1 Å². The summed E-state index contributed by atoms with van der Waals surface area (Å²) in [6.45, 7) is 1.66. The van der Waals surface area contributed by atoms with E-state index in [1.807, 2.05) is 0 Å². The van der Waals surface area contributed by atoms with Gasteiger partial charge in [0.25, 0.3) is 11.8 Å². The maximum absolute atomic E-state index is 12.4. The fraction of sp³-hybridized carbons (Fsp3) is 0.105. The molecule has 1 aliphatic rings. The van der Waals surface area contributed by atoms with Crippen LogP contribution in [0.1, 0.15) is 17.4 Å². The van der Waals surface area contributed by atoms with Crippen LogP contribution in [0, 0.1) is 0 Å². The van der Waals surface area contributed by atoms with Gasteiger partial charge in [-0.05, 0) is 49.4 Å². The van der Waals surface area contributed by atoms with Crippen LogP contribution in [0.4, 0.5) is 11.4 Å². The molecule has 136 valence electrons. The van der Waals surface area contributed by atoms with E-state index >= 15 is 0 Å². The normalized spacial score (nSPS) is 15.5. The lowest BCUT2D eigenvalue weighted by atomic mass is 10.1. The Morgan fingerprint density at radius 3 is 2.74 bits per heavy atom. The number of ether oxygens (including phenoxy) is 1. The van der Waals surface area contributed by atoms with Gasteiger partial charge < -0.3 is 19.9 Å². The van der Waals surface area contributed by atoms with Crippen molar-refractivity contribution in [2.45, 2.75) is 13.0 Å². The van der Waals surface area contributed by atoms with E-state index in [0.29, 0.717) is 27.9 Å². The fourth-order valence-electron chi connectivity index (χ4n) is 2.61. The highest BCUT2D eigenvalue weighted by Gasteiger charge is 2.24. The lowest BCUT2D eigenvalue weighted by Gasteiger charge is -2.23. The number of carbonyl (C=O) groups is 2. The number of nitrogens with zero attached hydrogens (tertiary/aromatic N) is 1. The second-order valence-electron chi connectivity index (χ2n) is 6.00. The van der Waals surface area contributed by atoms with Crippen LogP contribution in [0.5, 0.6) is 5.75 Å². The third-order valence-electron chi connectivity index (χ3n) is 4.04. The van der Waals surface area contributed by atoms with Crippen molar-refractivity contribution in [3.05, 3.63) is 59.2 Å². The summed E-state index contributed by atoms with van der Waals surface area (Å²) in [4.78, 5) is 24.1. The third kappa shape index (κ3) is 3.50. The first-order chi connectivity index (χ1) is 13.0. The zero-order valence-electron chi connectivity index (χ0n) is 14.2. The number of hydrogen-bond acceptors (Lipinski definition) is 5. The molecule has 4 rings (SSSR count). The van der Waals surface area contributed by atoms with Crippen LogP contribution >= 0.6 is 11.6 Å². The largest absolute Gasteiger partial charge is 0.479 e. The van der Waals surface area contributed by atoms with E-state index in [-0.39, 0.29) is 11.6 Å². The predicted octanol–water partition coefficient (Wildman–Crippen LogP) is 3.97. The minimum Gasteiger partial charge on any atom is -0.479 e. The van der Waals surface area contributed by atoms with Crippen LogP contribution < -0.4 is 15.4 Å². The molecule has 7 nitrogen and oxygen atoms in total. The molecule has 2 aromatic carbocycles. The van der Waals surface area contributed by atoms with Crippen LogP contribution in [0.15, 0.2) is 53.1 Å². The molecule has 0 fully saturated rings. The number of halogens is 1. The number of amides is 2. The van der Waals surface area contributed by atoms with Gasteiger partial charge in [-0.15, -0.1) is 0 Å². The zero-order chi connectivity index (χ0) is 19.0. The van der Waals surface area contributed by atoms with E-state index < -0.39 is 12.0 Å². The van der Waals surface area contributed by atoms with Crippen molar-refractivity contribution in [2.24, 2.45) is 0 Å². The summed E-state index contributed by atoms with van der Waals surface area (Å²) in [5, 5.41) is 9.86. The molecule has 2 amide bonds. The Bertz CT molecular complexity index is 1030. The average Bonchev–Trinajstić information content (AvgIpc) is 3.14. The summed E-state index contributed by atoms with van der Waals surface area (Å²) in [6.07, 6.45) is -0.556. The van der Waals surface area contributed by atoms with E-state index in [2.05, 4.69) is 15.8 Å². The Hall–Kier alpha value is -3.32. The molecule has 8 heteroatoms. The molecular formula is C19H14ClN3O4. The Morgan fingerprint density at radius 2 is 1.96 bits per heavy atom. The number of fused-ring (bicyclic) bond motifs is 1. The minimum absolute atomic E-state index is 0.131. The van der Waals surface area contributed by atoms with Crippen LogP contribution in [-0.4, -0.2) is 23.1 Å². The molecule has 0 saturated heterocycles. The van der Waals surface area contributed by atoms with Gasteiger partial charge in [-0.25, -0.2) is 0 Å². The SMILES string of the molecule is C[C@@H]1Oc2ccc(NC(=O)c3cc(-c4ccc(Cl)cc4)on3)cc2NC1=O. The van der Waals surface area contributed by atoms with E-state index in [1.54, 1.807) is 55.5 Å². The first-order valence-corrected chi connectivity index (χ1v) is 8.53. The molecule has 1 atom stereocenters. The molecule has 2 heterocycles. The van der Waals surface area contributed by atoms with Gasteiger partial charge in [0.05, 0.1) is 5.69 Å². The summed E-state index contributed by atoms with van der Waals surface area (Å²) in [5.74, 6) is 0.328. The second-order valence-corrected chi connectivity index (χ2v) is 6.43. The van der Waals surface area contributed by atoms with Gasteiger partial charge in [0.2, 0.25) is 0 Å². The van der Waals surface area contributed by atoms with Gasteiger partial charge in [-0.1, -0.05) is 16.8 Å². The number of benzene rings is 2. The van der Waals surface area contributed by atoms with Crippen LogP contribution in [0.2, 0.25) is 5.02 Å². The Balaban J connectivity index is 1.51. The summed E-state index contributed by atoms with van der Waals surface area (Å²) < 4.78 is 10.7. The van der Waals surface area contributed by atoms with Gasteiger partial charge in [-0.3, -0.25) is 9.59 Å². The predicted molar refractivity (Wildman–Crippen MR) is 100 cm³/mol. The van der Waals surface area contributed by atoms with E-state index in [9.17, 15) is 9.59 Å². The first-order valence-electron chi connectivity index (χ1n) is 8.15. The van der Waals surface area contributed by atoms with E-state index in [4.69, 9.17) is 20.9 Å². The highest BCUT2D eigenvalue weighted by Crippen LogP contribution is 2.32. The van der Waals surface area contributed by atoms with Crippen molar-refractivity contribution in [1.82, 2.24) is 5.16 Å². The van der Waals surface area contributed by atoms with Crippen molar-refractivity contribution in [2.75, 3.05) is 10.6 Å². The minimum atomic E-state index is -0.556. The molecule has 0 radical (unpaired) electrons. The Morgan fingerprint density at radius 1 is 1.19 bits per heavy atom. The molecule has 1 aliphatic heterocycles. The summed E-state index contributed by atoms with van der Waals surface area (Å²) in [6, 6.07) is 13.5. The van der Waals surface area contributed by atoms with E-state index in [0.717, 1.165) is 5.56 Å². The monoisotopic (exact) mass is 383 g/mol. The molecule has 0 aliphatic carbocycles. The Labute approximate surface area is 159 Å². The lowest BCUT2D eigenvalue weighted by molar-refractivity contribution is -0.122. The molecule has 3 aromatic rings. The maximum Gasteiger partial charge on any atom is 0.277 e. The zero-order valence-corrected chi connectivity index (χ0v) is 14.9. The maximum atomic E-state index is 12.4.